The molecule has 0 radical (unpaired) electrons. The van der Waals surface area contributed by atoms with Crippen LogP contribution in [0.15, 0.2) is 59.5 Å². The minimum Gasteiger partial charge on any atom is -0.373 e. The smallest absolute Gasteiger partial charge is 0.191 e. The van der Waals surface area contributed by atoms with Gasteiger partial charge in [0.15, 0.2) is 5.78 Å². The van der Waals surface area contributed by atoms with Gasteiger partial charge in [-0.1, -0.05) is 42.5 Å². The molecule has 0 aliphatic carbocycles. The van der Waals surface area contributed by atoms with E-state index in [1.807, 2.05) is 47.8 Å². The Kier molecular flexibility index (Phi) is 4.63. The van der Waals surface area contributed by atoms with Crippen molar-refractivity contribution >= 4 is 39.7 Å². The van der Waals surface area contributed by atoms with E-state index in [9.17, 15) is 4.79 Å². The van der Waals surface area contributed by atoms with Crippen LogP contribution in [0.2, 0.25) is 0 Å². The fraction of sp³-hybridized carbons (Fsp3) is 0.125. The van der Waals surface area contributed by atoms with Crippen LogP contribution in [0.25, 0.3) is 0 Å². The molecule has 2 nitrogen and oxygen atoms in total. The van der Waals surface area contributed by atoms with Gasteiger partial charge in [-0.05, 0) is 19.1 Å². The highest BCUT2D eigenvalue weighted by atomic mass is 35.5. The summed E-state index contributed by atoms with van der Waals surface area (Å²) in [6.07, 6.45) is 0. The topological polar surface area (TPSA) is 29.1 Å². The zero-order valence-electron chi connectivity index (χ0n) is 11.1. The lowest BCUT2D eigenvalue weighted by atomic mass is 10.2. The van der Waals surface area contributed by atoms with E-state index < -0.39 is 0 Å². The molecule has 104 valence electrons. The summed E-state index contributed by atoms with van der Waals surface area (Å²) in [5.41, 5.74) is 1.90. The van der Waals surface area contributed by atoms with Crippen molar-refractivity contribution in [3.05, 3.63) is 60.2 Å². The number of anilines is 1. The lowest BCUT2D eigenvalue weighted by Gasteiger charge is -2.07. The fourth-order valence-electron chi connectivity index (χ4n) is 2.22. The number of para-hydroxylation sites is 1. The molecule has 0 fully saturated rings. The second-order valence-electron chi connectivity index (χ2n) is 4.50. The Morgan fingerprint density at radius 2 is 1.75 bits per heavy atom. The molecule has 4 heteroatoms. The van der Waals surface area contributed by atoms with Crippen molar-refractivity contribution in [1.29, 1.82) is 0 Å². The summed E-state index contributed by atoms with van der Waals surface area (Å²) in [6, 6.07) is 17.7. The number of ketones is 1. The second-order valence-corrected chi connectivity index (χ2v) is 6.63. The number of fused-ring (bicyclic) bond motifs is 1. The average molecular weight is 306 g/mol. The van der Waals surface area contributed by atoms with Gasteiger partial charge in [-0.25, -0.2) is 0 Å². The van der Waals surface area contributed by atoms with Gasteiger partial charge in [-0.2, -0.15) is 0 Å². The Balaban J connectivity index is 0.00000147. The van der Waals surface area contributed by atoms with Crippen molar-refractivity contribution in [1.82, 2.24) is 0 Å². The van der Waals surface area contributed by atoms with Crippen LogP contribution in [0.1, 0.15) is 17.3 Å². The number of hydrogen-bond donors (Lipinski definition) is 1. The molecule has 0 aromatic heterocycles. The molecule has 20 heavy (non-hydrogen) atoms. The summed E-state index contributed by atoms with van der Waals surface area (Å²) < 4.78 is 0. The van der Waals surface area contributed by atoms with Crippen LogP contribution in [0.4, 0.5) is 5.69 Å². The SMILES string of the molecule is CC1Nc2ccccc2S1=CC(=O)c1ccccc1.Cl. The van der Waals surface area contributed by atoms with Gasteiger partial charge >= 0.3 is 0 Å². The third-order valence-electron chi connectivity index (χ3n) is 3.17. The molecule has 2 unspecified atom stereocenters. The van der Waals surface area contributed by atoms with Crippen molar-refractivity contribution in [2.75, 3.05) is 5.32 Å². The molecule has 0 saturated heterocycles. The Hall–Kier alpha value is -1.58. The predicted molar refractivity (Wildman–Crippen MR) is 89.5 cm³/mol. The van der Waals surface area contributed by atoms with E-state index in [2.05, 4.69) is 24.4 Å². The Bertz CT molecular complexity index is 655. The first-order chi connectivity index (χ1) is 9.25. The molecule has 0 bridgehead atoms. The number of carbonyl (C=O) groups is 1. The third kappa shape index (κ3) is 2.79. The summed E-state index contributed by atoms with van der Waals surface area (Å²) in [6.45, 7) is 2.12. The summed E-state index contributed by atoms with van der Waals surface area (Å²) in [7, 11) is -0.163. The van der Waals surface area contributed by atoms with Crippen molar-refractivity contribution in [3.8, 4) is 0 Å². The molecular formula is C16H16ClNOS. The highest BCUT2D eigenvalue weighted by molar-refractivity contribution is 8.16. The summed E-state index contributed by atoms with van der Waals surface area (Å²) >= 11 is 0. The van der Waals surface area contributed by atoms with Crippen LogP contribution in [0.3, 0.4) is 0 Å². The Labute approximate surface area is 127 Å². The highest BCUT2D eigenvalue weighted by Gasteiger charge is 2.21. The van der Waals surface area contributed by atoms with Gasteiger partial charge in [-0.15, -0.1) is 22.9 Å². The van der Waals surface area contributed by atoms with Gasteiger partial charge in [0, 0.05) is 21.5 Å². The number of benzene rings is 2. The van der Waals surface area contributed by atoms with E-state index in [-0.39, 0.29) is 34.0 Å². The first-order valence-corrected chi connectivity index (χ1v) is 7.62. The van der Waals surface area contributed by atoms with Crippen LogP contribution < -0.4 is 5.32 Å². The predicted octanol–water partition coefficient (Wildman–Crippen LogP) is 4.19. The quantitative estimate of drug-likeness (QED) is 0.666. The van der Waals surface area contributed by atoms with Gasteiger partial charge < -0.3 is 5.32 Å². The number of nitrogens with one attached hydrogen (secondary N) is 1. The van der Waals surface area contributed by atoms with Gasteiger partial charge in [0.1, 0.15) is 0 Å². The van der Waals surface area contributed by atoms with E-state index in [4.69, 9.17) is 0 Å². The lowest BCUT2D eigenvalue weighted by molar-refractivity contribution is 0.107. The van der Waals surface area contributed by atoms with Crippen molar-refractivity contribution in [2.24, 2.45) is 0 Å². The molecule has 1 heterocycles. The number of rotatable bonds is 2. The van der Waals surface area contributed by atoms with E-state index in [0.717, 1.165) is 11.3 Å². The molecular weight excluding hydrogens is 290 g/mol. The second kappa shape index (κ2) is 6.25. The summed E-state index contributed by atoms with van der Waals surface area (Å²) in [5, 5.41) is 5.58. The molecule has 1 N–H and O–H groups in total. The highest BCUT2D eigenvalue weighted by Crippen LogP contribution is 2.43. The zero-order valence-corrected chi connectivity index (χ0v) is 12.7. The first-order valence-electron chi connectivity index (χ1n) is 6.27. The maximum Gasteiger partial charge on any atom is 0.191 e. The van der Waals surface area contributed by atoms with Gasteiger partial charge in [0.25, 0.3) is 0 Å². The molecule has 0 saturated carbocycles. The van der Waals surface area contributed by atoms with E-state index in [0.29, 0.717) is 0 Å². The zero-order chi connectivity index (χ0) is 13.2. The fourth-order valence-corrected chi connectivity index (χ4v) is 4.16. The number of Topliss-reactive ketones (excluding diaryl/α,β-unsaturated/α-hetero) is 1. The number of hydrogen-bond acceptors (Lipinski definition) is 2. The van der Waals surface area contributed by atoms with Gasteiger partial charge in [0.05, 0.1) is 5.37 Å². The van der Waals surface area contributed by atoms with Crippen molar-refractivity contribution < 1.29 is 4.79 Å². The Morgan fingerprint density at radius 1 is 1.10 bits per heavy atom. The van der Waals surface area contributed by atoms with Gasteiger partial charge in [0.2, 0.25) is 0 Å². The molecule has 2 atom stereocenters. The number of carbonyl (C=O) groups excluding carboxylic acids is 1. The maximum absolute atomic E-state index is 12.3. The summed E-state index contributed by atoms with van der Waals surface area (Å²) in [4.78, 5) is 13.5. The molecule has 0 amide bonds. The van der Waals surface area contributed by atoms with Crippen LogP contribution in [-0.2, 0) is 0 Å². The Morgan fingerprint density at radius 3 is 2.50 bits per heavy atom. The normalized spacial score (nSPS) is 19.9. The lowest BCUT2D eigenvalue weighted by Crippen LogP contribution is -2.08. The van der Waals surface area contributed by atoms with E-state index in [1.165, 1.54) is 4.90 Å². The van der Waals surface area contributed by atoms with E-state index in [1.54, 1.807) is 0 Å². The van der Waals surface area contributed by atoms with E-state index >= 15 is 0 Å². The van der Waals surface area contributed by atoms with Crippen LogP contribution in [0.5, 0.6) is 0 Å². The monoisotopic (exact) mass is 305 g/mol. The molecule has 1 aliphatic rings. The molecule has 2 aromatic carbocycles. The molecule has 2 aromatic rings. The van der Waals surface area contributed by atoms with Gasteiger partial charge in [-0.3, -0.25) is 4.79 Å². The standard InChI is InChI=1S/C16H15NOS.ClH/c1-12-17-14-9-5-6-10-16(14)19(12)11-15(18)13-7-3-2-4-8-13;/h2-12,17H,1H3;1H. The molecule has 1 aliphatic heterocycles. The average Bonchev–Trinajstić information content (AvgIpc) is 2.76. The van der Waals surface area contributed by atoms with Crippen molar-refractivity contribution in [3.63, 3.8) is 0 Å². The molecule has 3 rings (SSSR count). The third-order valence-corrected chi connectivity index (χ3v) is 5.38. The number of halogens is 1. The minimum absolute atomic E-state index is 0. The summed E-state index contributed by atoms with van der Waals surface area (Å²) in [5.74, 6) is 0.106. The van der Waals surface area contributed by atoms with Crippen LogP contribution in [0, 0.1) is 0 Å². The van der Waals surface area contributed by atoms with Crippen molar-refractivity contribution in [2.45, 2.75) is 17.2 Å². The van der Waals surface area contributed by atoms with Crippen LogP contribution >= 0.6 is 22.9 Å². The maximum atomic E-state index is 12.3. The van der Waals surface area contributed by atoms with Crippen LogP contribution in [-0.4, -0.2) is 16.5 Å². The minimum atomic E-state index is -0.163. The largest absolute Gasteiger partial charge is 0.373 e. The molecule has 0 spiro atoms. The first kappa shape index (κ1) is 14.8.